The first kappa shape index (κ1) is 13.9. The molecule has 1 saturated heterocycles. The van der Waals surface area contributed by atoms with E-state index in [-0.39, 0.29) is 11.8 Å². The van der Waals surface area contributed by atoms with Crippen LogP contribution in [0.2, 0.25) is 0 Å². The van der Waals surface area contributed by atoms with Crippen molar-refractivity contribution in [1.29, 1.82) is 0 Å². The molecule has 4 nitrogen and oxygen atoms in total. The van der Waals surface area contributed by atoms with Gasteiger partial charge in [-0.3, -0.25) is 9.59 Å². The molecule has 1 unspecified atom stereocenters. The summed E-state index contributed by atoms with van der Waals surface area (Å²) in [6.45, 7) is 6.75. The molecule has 3 fully saturated rings. The van der Waals surface area contributed by atoms with Gasteiger partial charge in [-0.05, 0) is 57.3 Å². The Morgan fingerprint density at radius 3 is 2.20 bits per heavy atom. The lowest BCUT2D eigenvalue weighted by Crippen LogP contribution is -2.75. The van der Waals surface area contributed by atoms with Crippen molar-refractivity contribution < 1.29 is 9.59 Å². The Bertz CT molecular complexity index is 436. The predicted octanol–water partition coefficient (Wildman–Crippen LogP) is 2.08. The van der Waals surface area contributed by atoms with Crippen LogP contribution in [0.25, 0.3) is 0 Å². The maximum absolute atomic E-state index is 13.1. The largest absolute Gasteiger partial charge is 0.340 e. The Labute approximate surface area is 121 Å². The molecule has 0 aromatic heterocycles. The third kappa shape index (κ3) is 1.87. The first-order valence-electron chi connectivity index (χ1n) is 8.12. The van der Waals surface area contributed by atoms with Crippen LogP contribution in [0.15, 0.2) is 0 Å². The van der Waals surface area contributed by atoms with Crippen LogP contribution in [0.3, 0.4) is 0 Å². The van der Waals surface area contributed by atoms with Crippen LogP contribution < -0.4 is 5.32 Å². The van der Waals surface area contributed by atoms with Crippen molar-refractivity contribution in [3.05, 3.63) is 0 Å². The lowest BCUT2D eigenvalue weighted by atomic mass is 9.80. The number of nitrogens with one attached hydrogen (secondary N) is 1. The van der Waals surface area contributed by atoms with Crippen LogP contribution >= 0.6 is 0 Å². The summed E-state index contributed by atoms with van der Waals surface area (Å²) in [4.78, 5) is 27.8. The molecule has 0 aromatic carbocycles. The second kappa shape index (κ2) is 4.47. The number of piperazine rings is 1. The van der Waals surface area contributed by atoms with E-state index >= 15 is 0 Å². The molecule has 2 saturated carbocycles. The minimum absolute atomic E-state index is 0.0668. The molecule has 2 aliphatic carbocycles. The van der Waals surface area contributed by atoms with Crippen LogP contribution in [0.5, 0.6) is 0 Å². The van der Waals surface area contributed by atoms with Crippen molar-refractivity contribution in [2.75, 3.05) is 6.54 Å². The van der Waals surface area contributed by atoms with Crippen molar-refractivity contribution in [1.82, 2.24) is 10.2 Å². The molecular weight excluding hydrogens is 252 g/mol. The molecule has 112 valence electrons. The van der Waals surface area contributed by atoms with Crippen LogP contribution in [0.1, 0.15) is 59.3 Å². The molecule has 0 radical (unpaired) electrons. The van der Waals surface area contributed by atoms with Crippen molar-refractivity contribution in [3.63, 3.8) is 0 Å². The van der Waals surface area contributed by atoms with Crippen LogP contribution in [0.4, 0.5) is 0 Å². The van der Waals surface area contributed by atoms with E-state index in [9.17, 15) is 9.59 Å². The molecule has 3 rings (SSSR count). The van der Waals surface area contributed by atoms with E-state index in [1.54, 1.807) is 0 Å². The highest BCUT2D eigenvalue weighted by Crippen LogP contribution is 2.46. The SMILES string of the molecule is CCC1(CC)C(=O)NC(C)(C2CC2)C(=O)N1CC1CC1. The molecule has 1 N–H and O–H groups in total. The fraction of sp³-hybridized carbons (Fsp3) is 0.875. The van der Waals surface area contributed by atoms with Gasteiger partial charge in [0.25, 0.3) is 0 Å². The predicted molar refractivity (Wildman–Crippen MR) is 77.0 cm³/mol. The topological polar surface area (TPSA) is 49.4 Å². The van der Waals surface area contributed by atoms with Crippen LogP contribution in [0, 0.1) is 11.8 Å². The molecular formula is C16H26N2O2. The lowest BCUT2D eigenvalue weighted by molar-refractivity contribution is -0.164. The van der Waals surface area contributed by atoms with Crippen LogP contribution in [-0.4, -0.2) is 34.3 Å². The summed E-state index contributed by atoms with van der Waals surface area (Å²) in [5, 5.41) is 3.09. The second-order valence-electron chi connectivity index (χ2n) is 7.03. The Morgan fingerprint density at radius 2 is 1.75 bits per heavy atom. The molecule has 2 amide bonds. The van der Waals surface area contributed by atoms with Crippen LogP contribution in [-0.2, 0) is 9.59 Å². The highest BCUT2D eigenvalue weighted by atomic mass is 16.2. The van der Waals surface area contributed by atoms with E-state index in [1.165, 1.54) is 12.8 Å². The van der Waals surface area contributed by atoms with E-state index in [0.29, 0.717) is 24.7 Å². The normalized spacial score (nSPS) is 33.2. The Morgan fingerprint density at radius 1 is 1.15 bits per heavy atom. The monoisotopic (exact) mass is 278 g/mol. The number of rotatable bonds is 5. The van der Waals surface area contributed by atoms with Gasteiger partial charge in [0.15, 0.2) is 0 Å². The van der Waals surface area contributed by atoms with E-state index in [0.717, 1.165) is 19.4 Å². The fourth-order valence-corrected chi connectivity index (χ4v) is 3.71. The zero-order chi connectivity index (χ0) is 14.5. The average Bonchev–Trinajstić information content (AvgIpc) is 3.29. The summed E-state index contributed by atoms with van der Waals surface area (Å²) in [5.74, 6) is 1.19. The molecule has 1 aliphatic heterocycles. The third-order valence-corrected chi connectivity index (χ3v) is 5.70. The van der Waals surface area contributed by atoms with E-state index < -0.39 is 11.1 Å². The van der Waals surface area contributed by atoms with Gasteiger partial charge in [0.2, 0.25) is 11.8 Å². The smallest absolute Gasteiger partial charge is 0.249 e. The van der Waals surface area contributed by atoms with Gasteiger partial charge in [-0.15, -0.1) is 0 Å². The van der Waals surface area contributed by atoms with Gasteiger partial charge < -0.3 is 10.2 Å². The number of hydrogen-bond donors (Lipinski definition) is 1. The van der Waals surface area contributed by atoms with Crippen molar-refractivity contribution in [3.8, 4) is 0 Å². The zero-order valence-corrected chi connectivity index (χ0v) is 12.9. The van der Waals surface area contributed by atoms with Crippen molar-refractivity contribution in [2.24, 2.45) is 11.8 Å². The maximum atomic E-state index is 13.1. The maximum Gasteiger partial charge on any atom is 0.249 e. The summed E-state index contributed by atoms with van der Waals surface area (Å²) < 4.78 is 0. The molecule has 1 atom stereocenters. The second-order valence-corrected chi connectivity index (χ2v) is 7.03. The molecule has 0 aromatic rings. The third-order valence-electron chi connectivity index (χ3n) is 5.70. The Kier molecular flexibility index (Phi) is 3.11. The number of amides is 2. The van der Waals surface area contributed by atoms with Crippen molar-refractivity contribution >= 4 is 11.8 Å². The summed E-state index contributed by atoms with van der Waals surface area (Å²) in [6.07, 6.45) is 5.93. The first-order valence-corrected chi connectivity index (χ1v) is 8.12. The quantitative estimate of drug-likeness (QED) is 0.837. The van der Waals surface area contributed by atoms with E-state index in [2.05, 4.69) is 5.32 Å². The van der Waals surface area contributed by atoms with Gasteiger partial charge in [0, 0.05) is 6.54 Å². The van der Waals surface area contributed by atoms with Gasteiger partial charge in [-0.1, -0.05) is 13.8 Å². The van der Waals surface area contributed by atoms with Gasteiger partial charge in [-0.2, -0.15) is 0 Å². The minimum atomic E-state index is -0.653. The standard InChI is InChI=1S/C16H26N2O2/c1-4-16(5-2)13(19)17-15(3,12-8-9-12)14(20)18(16)10-11-6-7-11/h11-12H,4-10H2,1-3H3,(H,17,19). The molecule has 0 bridgehead atoms. The number of hydrogen-bond acceptors (Lipinski definition) is 2. The number of nitrogens with zero attached hydrogens (tertiary/aromatic N) is 1. The molecule has 20 heavy (non-hydrogen) atoms. The summed E-state index contributed by atoms with van der Waals surface area (Å²) in [6, 6.07) is 0. The van der Waals surface area contributed by atoms with E-state index in [4.69, 9.17) is 0 Å². The summed E-state index contributed by atoms with van der Waals surface area (Å²) in [7, 11) is 0. The van der Waals surface area contributed by atoms with Crippen molar-refractivity contribution in [2.45, 2.75) is 70.4 Å². The zero-order valence-electron chi connectivity index (χ0n) is 12.9. The highest BCUT2D eigenvalue weighted by molar-refractivity contribution is 6.02. The minimum Gasteiger partial charge on any atom is -0.340 e. The number of carbonyl (C=O) groups is 2. The lowest BCUT2D eigenvalue weighted by Gasteiger charge is -2.51. The average molecular weight is 278 g/mol. The molecule has 4 heteroatoms. The Hall–Kier alpha value is -1.06. The van der Waals surface area contributed by atoms with Gasteiger partial charge in [0.05, 0.1) is 0 Å². The van der Waals surface area contributed by atoms with E-state index in [1.807, 2.05) is 25.7 Å². The number of carbonyl (C=O) groups excluding carboxylic acids is 2. The van der Waals surface area contributed by atoms with Gasteiger partial charge in [-0.25, -0.2) is 0 Å². The highest BCUT2D eigenvalue weighted by Gasteiger charge is 2.60. The molecule has 3 aliphatic rings. The van der Waals surface area contributed by atoms with Gasteiger partial charge >= 0.3 is 0 Å². The first-order chi connectivity index (χ1) is 9.48. The summed E-state index contributed by atoms with van der Waals surface area (Å²) >= 11 is 0. The fourth-order valence-electron chi connectivity index (χ4n) is 3.71. The molecule has 0 spiro atoms. The molecule has 1 heterocycles. The summed E-state index contributed by atoms with van der Waals surface area (Å²) in [5.41, 5.74) is -1.27. The Balaban J connectivity index is 1.95. The van der Waals surface area contributed by atoms with Gasteiger partial charge in [0.1, 0.15) is 11.1 Å².